The molecule has 25 heavy (non-hydrogen) atoms. The number of benzene rings is 1. The molecular weight excluding hydrogens is 310 g/mol. The van der Waals surface area contributed by atoms with Gasteiger partial charge in [0.15, 0.2) is 0 Å². The van der Waals surface area contributed by atoms with E-state index in [1.807, 2.05) is 6.07 Å². The Morgan fingerprint density at radius 3 is 2.16 bits per heavy atom. The molecule has 0 atom stereocenters. The van der Waals surface area contributed by atoms with Crippen LogP contribution in [0.15, 0.2) is 36.5 Å². The van der Waals surface area contributed by atoms with Gasteiger partial charge >= 0.3 is 0 Å². The highest BCUT2D eigenvalue weighted by molar-refractivity contribution is 6.04. The molecule has 4 heteroatoms. The van der Waals surface area contributed by atoms with E-state index < -0.39 is 0 Å². The lowest BCUT2D eigenvalue weighted by Gasteiger charge is -2.20. The minimum absolute atomic E-state index is 0.159. The largest absolute Gasteiger partial charge is 0.381 e. The molecule has 0 spiro atoms. The van der Waals surface area contributed by atoms with E-state index in [1.165, 1.54) is 12.8 Å². The zero-order chi connectivity index (χ0) is 18.0. The van der Waals surface area contributed by atoms with Crippen LogP contribution in [-0.2, 0) is 0 Å². The number of nitrogens with zero attached hydrogens (tertiary/aromatic N) is 1. The highest BCUT2D eigenvalue weighted by Crippen LogP contribution is 2.32. The standard InChI is InChI=1S/C21H27N3O/c1-13(2)17-6-5-7-18(14(3)4)20(17)24-21(25)19-11-10-16(12-22-19)23-15-8-9-15/h5-7,10-15,23H,8-9H2,1-4H3,(H,24,25). The molecule has 0 bridgehead atoms. The Balaban J connectivity index is 1.82. The fourth-order valence-corrected chi connectivity index (χ4v) is 2.95. The third kappa shape index (κ3) is 4.19. The lowest BCUT2D eigenvalue weighted by Crippen LogP contribution is -2.17. The van der Waals surface area contributed by atoms with Gasteiger partial charge in [0.2, 0.25) is 0 Å². The number of nitrogens with one attached hydrogen (secondary N) is 2. The van der Waals surface area contributed by atoms with Gasteiger partial charge in [0.1, 0.15) is 5.69 Å². The van der Waals surface area contributed by atoms with Crippen molar-refractivity contribution < 1.29 is 4.79 Å². The topological polar surface area (TPSA) is 54.0 Å². The summed E-state index contributed by atoms with van der Waals surface area (Å²) in [6, 6.07) is 10.5. The average molecular weight is 337 g/mol. The zero-order valence-corrected chi connectivity index (χ0v) is 15.5. The van der Waals surface area contributed by atoms with Gasteiger partial charge < -0.3 is 10.6 Å². The van der Waals surface area contributed by atoms with Crippen LogP contribution in [0.5, 0.6) is 0 Å². The predicted octanol–water partition coefficient (Wildman–Crippen LogP) is 5.16. The lowest BCUT2D eigenvalue weighted by molar-refractivity contribution is 0.102. The van der Waals surface area contributed by atoms with Crippen LogP contribution in [0.2, 0.25) is 0 Å². The lowest BCUT2D eigenvalue weighted by atomic mass is 9.92. The third-order valence-electron chi connectivity index (χ3n) is 4.56. The van der Waals surface area contributed by atoms with Crippen molar-refractivity contribution in [3.8, 4) is 0 Å². The smallest absolute Gasteiger partial charge is 0.274 e. The van der Waals surface area contributed by atoms with Crippen molar-refractivity contribution in [2.45, 2.75) is 58.4 Å². The molecule has 0 aliphatic heterocycles. The summed E-state index contributed by atoms with van der Waals surface area (Å²) in [5.41, 5.74) is 4.66. The van der Waals surface area contributed by atoms with E-state index in [2.05, 4.69) is 61.5 Å². The van der Waals surface area contributed by atoms with Crippen LogP contribution in [0.3, 0.4) is 0 Å². The number of anilines is 2. The second-order valence-corrected chi connectivity index (χ2v) is 7.43. The fourth-order valence-electron chi connectivity index (χ4n) is 2.95. The van der Waals surface area contributed by atoms with Crippen molar-refractivity contribution >= 4 is 17.3 Å². The highest BCUT2D eigenvalue weighted by atomic mass is 16.1. The first kappa shape index (κ1) is 17.5. The Kier molecular flexibility index (Phi) is 5.07. The maximum Gasteiger partial charge on any atom is 0.274 e. The van der Waals surface area contributed by atoms with Gasteiger partial charge in [-0.25, -0.2) is 4.98 Å². The Labute approximate surface area is 150 Å². The first-order valence-electron chi connectivity index (χ1n) is 9.12. The van der Waals surface area contributed by atoms with Gasteiger partial charge in [-0.2, -0.15) is 0 Å². The third-order valence-corrected chi connectivity index (χ3v) is 4.56. The number of hydrogen-bond donors (Lipinski definition) is 2. The molecule has 1 saturated carbocycles. The average Bonchev–Trinajstić information content (AvgIpc) is 3.39. The van der Waals surface area contributed by atoms with Crippen LogP contribution < -0.4 is 10.6 Å². The number of rotatable bonds is 6. The van der Waals surface area contributed by atoms with Crippen LogP contribution in [0.1, 0.15) is 74.0 Å². The second kappa shape index (κ2) is 7.26. The monoisotopic (exact) mass is 337 g/mol. The van der Waals surface area contributed by atoms with Crippen LogP contribution >= 0.6 is 0 Å². The van der Waals surface area contributed by atoms with E-state index in [0.717, 1.165) is 22.5 Å². The summed E-state index contributed by atoms with van der Waals surface area (Å²) < 4.78 is 0. The SMILES string of the molecule is CC(C)c1cccc(C(C)C)c1NC(=O)c1ccc(NC2CC2)cn1. The van der Waals surface area contributed by atoms with Gasteiger partial charge in [-0.15, -0.1) is 0 Å². The Morgan fingerprint density at radius 2 is 1.68 bits per heavy atom. The first-order valence-corrected chi connectivity index (χ1v) is 9.12. The molecule has 1 aliphatic rings. The van der Waals surface area contributed by atoms with Gasteiger partial charge in [0, 0.05) is 11.7 Å². The van der Waals surface area contributed by atoms with Gasteiger partial charge in [0.25, 0.3) is 5.91 Å². The molecule has 1 aliphatic carbocycles. The Hall–Kier alpha value is -2.36. The summed E-state index contributed by atoms with van der Waals surface area (Å²) in [4.78, 5) is 17.0. The maximum atomic E-state index is 12.7. The molecule has 1 heterocycles. The van der Waals surface area contributed by atoms with Crippen LogP contribution in [0.4, 0.5) is 11.4 Å². The number of carbonyl (C=O) groups excluding carboxylic acids is 1. The van der Waals surface area contributed by atoms with Gasteiger partial charge in [-0.3, -0.25) is 4.79 Å². The number of carbonyl (C=O) groups is 1. The minimum Gasteiger partial charge on any atom is -0.381 e. The minimum atomic E-state index is -0.159. The molecule has 4 nitrogen and oxygen atoms in total. The van der Waals surface area contributed by atoms with Crippen molar-refractivity contribution in [3.63, 3.8) is 0 Å². The van der Waals surface area contributed by atoms with Gasteiger partial charge in [0.05, 0.1) is 11.9 Å². The molecule has 1 amide bonds. The summed E-state index contributed by atoms with van der Waals surface area (Å²) in [5, 5.41) is 6.49. The quantitative estimate of drug-likeness (QED) is 0.766. The molecule has 3 rings (SSSR count). The van der Waals surface area contributed by atoms with Crippen molar-refractivity contribution in [2.24, 2.45) is 0 Å². The van der Waals surface area contributed by atoms with E-state index in [-0.39, 0.29) is 5.91 Å². The summed E-state index contributed by atoms with van der Waals surface area (Å²) in [6.07, 6.45) is 4.17. The molecule has 2 N–H and O–H groups in total. The van der Waals surface area contributed by atoms with Crippen molar-refractivity contribution in [1.29, 1.82) is 0 Å². The molecular formula is C21H27N3O. The van der Waals surface area contributed by atoms with Crippen LogP contribution in [0.25, 0.3) is 0 Å². The normalized spacial score (nSPS) is 14.0. The summed E-state index contributed by atoms with van der Waals surface area (Å²) in [5.74, 6) is 0.520. The number of pyridine rings is 1. The maximum absolute atomic E-state index is 12.7. The van der Waals surface area contributed by atoms with E-state index in [0.29, 0.717) is 23.6 Å². The van der Waals surface area contributed by atoms with E-state index in [4.69, 9.17) is 0 Å². The second-order valence-electron chi connectivity index (χ2n) is 7.43. The molecule has 1 aromatic carbocycles. The molecule has 132 valence electrons. The number of aromatic nitrogens is 1. The fraction of sp³-hybridized carbons (Fsp3) is 0.429. The summed E-state index contributed by atoms with van der Waals surface area (Å²) in [7, 11) is 0. The number of amides is 1. The van der Waals surface area contributed by atoms with Gasteiger partial charge in [-0.1, -0.05) is 45.9 Å². The molecule has 1 aromatic heterocycles. The van der Waals surface area contributed by atoms with Gasteiger partial charge in [-0.05, 0) is 47.9 Å². The number of para-hydroxylation sites is 1. The van der Waals surface area contributed by atoms with Crippen LogP contribution in [0, 0.1) is 0 Å². The molecule has 1 fully saturated rings. The highest BCUT2D eigenvalue weighted by Gasteiger charge is 2.21. The van der Waals surface area contributed by atoms with Crippen molar-refractivity contribution in [2.75, 3.05) is 10.6 Å². The Bertz CT molecular complexity index is 720. The summed E-state index contributed by atoms with van der Waals surface area (Å²) >= 11 is 0. The predicted molar refractivity (Wildman–Crippen MR) is 103 cm³/mol. The number of hydrogen-bond acceptors (Lipinski definition) is 3. The van der Waals surface area contributed by atoms with Crippen molar-refractivity contribution in [3.05, 3.63) is 53.3 Å². The molecule has 0 radical (unpaired) electrons. The van der Waals surface area contributed by atoms with E-state index >= 15 is 0 Å². The van der Waals surface area contributed by atoms with Crippen molar-refractivity contribution in [1.82, 2.24) is 4.98 Å². The van der Waals surface area contributed by atoms with E-state index in [9.17, 15) is 4.79 Å². The Morgan fingerprint density at radius 1 is 1.04 bits per heavy atom. The first-order chi connectivity index (χ1) is 12.0. The van der Waals surface area contributed by atoms with E-state index in [1.54, 1.807) is 12.3 Å². The zero-order valence-electron chi connectivity index (χ0n) is 15.5. The summed E-state index contributed by atoms with van der Waals surface area (Å²) in [6.45, 7) is 8.58. The molecule has 2 aromatic rings. The molecule has 0 saturated heterocycles. The molecule has 0 unspecified atom stereocenters. The van der Waals surface area contributed by atoms with Crippen LogP contribution in [-0.4, -0.2) is 16.9 Å².